The molecule has 1 amide bonds. The van der Waals surface area contributed by atoms with Crippen LogP contribution in [0.4, 0.5) is 0 Å². The van der Waals surface area contributed by atoms with Crippen LogP contribution in [0.1, 0.15) is 38.3 Å². The summed E-state index contributed by atoms with van der Waals surface area (Å²) in [5.74, 6) is 0.644. The molecule has 7 nitrogen and oxygen atoms in total. The molecule has 1 atom stereocenters. The number of carbonyl (C=O) groups is 1. The molecule has 0 heterocycles. The molecule has 0 bridgehead atoms. The smallest absolute Gasteiger partial charge is 0.258 e. The average Bonchev–Trinajstić information content (AvgIpc) is 2.73. The van der Waals surface area contributed by atoms with E-state index in [2.05, 4.69) is 10.0 Å². The van der Waals surface area contributed by atoms with Gasteiger partial charge in [-0.15, -0.1) is 0 Å². The predicted molar refractivity (Wildman–Crippen MR) is 117 cm³/mol. The van der Waals surface area contributed by atoms with E-state index in [4.69, 9.17) is 21.1 Å². The highest BCUT2D eigenvalue weighted by molar-refractivity contribution is 7.89. The van der Waals surface area contributed by atoms with E-state index in [9.17, 15) is 13.2 Å². The van der Waals surface area contributed by atoms with E-state index in [1.807, 2.05) is 38.1 Å². The van der Waals surface area contributed by atoms with Crippen molar-refractivity contribution in [3.8, 4) is 11.5 Å². The van der Waals surface area contributed by atoms with E-state index in [1.54, 1.807) is 7.11 Å². The standard InChI is InChI=1S/C21H27ClN2O5S/c1-4-5-12-23-30(26,27)18-10-11-20(19(22)13-18)29-14-21(25)24-15(2)16-6-8-17(28-3)9-7-16/h6-11,13,15,23H,4-5,12,14H2,1-3H3,(H,24,25). The first-order chi connectivity index (χ1) is 14.3. The monoisotopic (exact) mass is 454 g/mol. The number of unbranched alkanes of at least 4 members (excludes halogenated alkanes) is 1. The van der Waals surface area contributed by atoms with Crippen LogP contribution in [0.2, 0.25) is 5.02 Å². The summed E-state index contributed by atoms with van der Waals surface area (Å²) in [7, 11) is -2.04. The Kier molecular flexibility index (Phi) is 8.95. The number of amides is 1. The highest BCUT2D eigenvalue weighted by atomic mass is 35.5. The first-order valence-electron chi connectivity index (χ1n) is 9.62. The largest absolute Gasteiger partial charge is 0.497 e. The zero-order valence-electron chi connectivity index (χ0n) is 17.3. The maximum Gasteiger partial charge on any atom is 0.258 e. The Labute approximate surface area is 182 Å². The number of hydrogen-bond donors (Lipinski definition) is 2. The molecular weight excluding hydrogens is 428 g/mol. The summed E-state index contributed by atoms with van der Waals surface area (Å²) in [4.78, 5) is 12.2. The van der Waals surface area contributed by atoms with Crippen LogP contribution in [0.3, 0.4) is 0 Å². The lowest BCUT2D eigenvalue weighted by atomic mass is 10.1. The average molecular weight is 455 g/mol. The fourth-order valence-electron chi connectivity index (χ4n) is 2.63. The maximum absolute atomic E-state index is 12.3. The highest BCUT2D eigenvalue weighted by Gasteiger charge is 2.16. The van der Waals surface area contributed by atoms with E-state index in [-0.39, 0.29) is 34.2 Å². The van der Waals surface area contributed by atoms with Crippen LogP contribution in [0.25, 0.3) is 0 Å². The summed E-state index contributed by atoms with van der Waals surface area (Å²) >= 11 is 6.15. The summed E-state index contributed by atoms with van der Waals surface area (Å²) in [6.45, 7) is 3.95. The van der Waals surface area contributed by atoms with Crippen molar-refractivity contribution in [2.45, 2.75) is 37.6 Å². The number of sulfonamides is 1. The SMILES string of the molecule is CCCCNS(=O)(=O)c1ccc(OCC(=O)NC(C)c2ccc(OC)cc2)c(Cl)c1. The lowest BCUT2D eigenvalue weighted by Crippen LogP contribution is -2.31. The Morgan fingerprint density at radius 2 is 1.87 bits per heavy atom. The Morgan fingerprint density at radius 1 is 1.17 bits per heavy atom. The third-order valence-electron chi connectivity index (χ3n) is 4.39. The number of hydrogen-bond acceptors (Lipinski definition) is 5. The lowest BCUT2D eigenvalue weighted by Gasteiger charge is -2.15. The number of nitrogens with one attached hydrogen (secondary N) is 2. The van der Waals surface area contributed by atoms with Gasteiger partial charge in [0.2, 0.25) is 10.0 Å². The van der Waals surface area contributed by atoms with E-state index in [0.717, 1.165) is 24.2 Å². The van der Waals surface area contributed by atoms with Gasteiger partial charge in [-0.2, -0.15) is 0 Å². The molecule has 9 heteroatoms. The number of benzene rings is 2. The molecule has 2 aromatic carbocycles. The molecular formula is C21H27ClN2O5S. The molecule has 0 fully saturated rings. The molecule has 0 spiro atoms. The molecule has 2 aromatic rings. The van der Waals surface area contributed by atoms with Gasteiger partial charge in [0.15, 0.2) is 6.61 Å². The van der Waals surface area contributed by atoms with Crippen molar-refractivity contribution in [3.05, 3.63) is 53.1 Å². The zero-order chi connectivity index (χ0) is 22.1. The van der Waals surface area contributed by atoms with Gasteiger partial charge in [-0.05, 0) is 49.2 Å². The van der Waals surface area contributed by atoms with Gasteiger partial charge in [-0.1, -0.05) is 37.1 Å². The molecule has 0 saturated carbocycles. The first-order valence-corrected chi connectivity index (χ1v) is 11.5. The van der Waals surface area contributed by atoms with Gasteiger partial charge in [-0.25, -0.2) is 13.1 Å². The Bertz CT molecular complexity index is 948. The van der Waals surface area contributed by atoms with Crippen molar-refractivity contribution in [1.29, 1.82) is 0 Å². The second kappa shape index (κ2) is 11.2. The van der Waals surface area contributed by atoms with Crippen molar-refractivity contribution in [1.82, 2.24) is 10.0 Å². The molecule has 164 valence electrons. The van der Waals surface area contributed by atoms with Crippen molar-refractivity contribution >= 4 is 27.5 Å². The molecule has 1 unspecified atom stereocenters. The number of ether oxygens (including phenoxy) is 2. The van der Waals surface area contributed by atoms with Crippen molar-refractivity contribution in [2.75, 3.05) is 20.3 Å². The highest BCUT2D eigenvalue weighted by Crippen LogP contribution is 2.27. The number of carbonyl (C=O) groups excluding carboxylic acids is 1. The van der Waals surface area contributed by atoms with Crippen LogP contribution in [-0.2, 0) is 14.8 Å². The van der Waals surface area contributed by atoms with Crippen molar-refractivity contribution in [3.63, 3.8) is 0 Å². The summed E-state index contributed by atoms with van der Waals surface area (Å²) in [6, 6.07) is 11.3. The summed E-state index contributed by atoms with van der Waals surface area (Å²) in [6.07, 6.45) is 1.63. The van der Waals surface area contributed by atoms with Gasteiger partial charge < -0.3 is 14.8 Å². The van der Waals surface area contributed by atoms with E-state index in [0.29, 0.717) is 6.54 Å². The van der Waals surface area contributed by atoms with Crippen LogP contribution >= 0.6 is 11.6 Å². The summed E-state index contributed by atoms with van der Waals surface area (Å²) in [5, 5.41) is 2.95. The molecule has 0 aliphatic rings. The number of rotatable bonds is 11. The minimum Gasteiger partial charge on any atom is -0.497 e. The quantitative estimate of drug-likeness (QED) is 0.505. The second-order valence-corrected chi connectivity index (χ2v) is 8.87. The molecule has 0 aliphatic heterocycles. The maximum atomic E-state index is 12.3. The minimum absolute atomic E-state index is 0.0496. The molecule has 0 aliphatic carbocycles. The van der Waals surface area contributed by atoms with Gasteiger partial charge >= 0.3 is 0 Å². The fourth-order valence-corrected chi connectivity index (χ4v) is 4.03. The van der Waals surface area contributed by atoms with Crippen LogP contribution in [0, 0.1) is 0 Å². The molecule has 2 rings (SSSR count). The normalized spacial score (nSPS) is 12.3. The fraction of sp³-hybridized carbons (Fsp3) is 0.381. The third-order valence-corrected chi connectivity index (χ3v) is 6.14. The van der Waals surface area contributed by atoms with Crippen molar-refractivity contribution in [2.24, 2.45) is 0 Å². The van der Waals surface area contributed by atoms with Crippen LogP contribution in [0.5, 0.6) is 11.5 Å². The first kappa shape index (κ1) is 24.0. The Morgan fingerprint density at radius 3 is 2.47 bits per heavy atom. The van der Waals surface area contributed by atoms with Gasteiger partial charge in [-0.3, -0.25) is 4.79 Å². The van der Waals surface area contributed by atoms with Crippen molar-refractivity contribution < 1.29 is 22.7 Å². The molecule has 0 aromatic heterocycles. The molecule has 0 radical (unpaired) electrons. The van der Waals surface area contributed by atoms with E-state index in [1.165, 1.54) is 18.2 Å². The van der Waals surface area contributed by atoms with Gasteiger partial charge in [0, 0.05) is 6.54 Å². The van der Waals surface area contributed by atoms with Gasteiger partial charge in [0.1, 0.15) is 11.5 Å². The van der Waals surface area contributed by atoms with Gasteiger partial charge in [0.25, 0.3) is 5.91 Å². The second-order valence-electron chi connectivity index (χ2n) is 6.69. The lowest BCUT2D eigenvalue weighted by molar-refractivity contribution is -0.123. The third kappa shape index (κ3) is 6.90. The number of halogens is 1. The van der Waals surface area contributed by atoms with E-state index < -0.39 is 10.0 Å². The molecule has 2 N–H and O–H groups in total. The zero-order valence-corrected chi connectivity index (χ0v) is 18.8. The van der Waals surface area contributed by atoms with Gasteiger partial charge in [0.05, 0.1) is 23.1 Å². The molecule has 30 heavy (non-hydrogen) atoms. The van der Waals surface area contributed by atoms with Crippen LogP contribution in [-0.4, -0.2) is 34.6 Å². The number of methoxy groups -OCH3 is 1. The van der Waals surface area contributed by atoms with Crippen LogP contribution < -0.4 is 19.5 Å². The predicted octanol–water partition coefficient (Wildman–Crippen LogP) is 3.68. The minimum atomic E-state index is -3.63. The Hall–Kier alpha value is -2.29. The molecule has 0 saturated heterocycles. The Balaban J connectivity index is 1.92. The topological polar surface area (TPSA) is 93.7 Å². The van der Waals surface area contributed by atoms with E-state index >= 15 is 0 Å². The summed E-state index contributed by atoms with van der Waals surface area (Å²) in [5.41, 5.74) is 0.923. The summed E-state index contributed by atoms with van der Waals surface area (Å²) < 4.78 is 37.6. The van der Waals surface area contributed by atoms with Crippen LogP contribution in [0.15, 0.2) is 47.4 Å².